The predicted octanol–water partition coefficient (Wildman–Crippen LogP) is 5.05. The Morgan fingerprint density at radius 2 is 1.62 bits per heavy atom. The predicted molar refractivity (Wildman–Crippen MR) is 130 cm³/mol. The van der Waals surface area contributed by atoms with E-state index in [0.29, 0.717) is 29.5 Å². The molecule has 0 bridgehead atoms. The summed E-state index contributed by atoms with van der Waals surface area (Å²) in [5, 5.41) is 5.94. The Bertz CT molecular complexity index is 1050. The normalized spacial score (nSPS) is 10.5. The highest BCUT2D eigenvalue weighted by molar-refractivity contribution is 6.06. The molecule has 0 aliphatic carbocycles. The number of nitrogens with one attached hydrogen (secondary N) is 2. The van der Waals surface area contributed by atoms with E-state index in [1.165, 1.54) is 0 Å². The monoisotopic (exact) mass is 431 g/mol. The molecule has 0 fully saturated rings. The Hall–Kier alpha value is -3.80. The van der Waals surface area contributed by atoms with Gasteiger partial charge in [0.05, 0.1) is 13.2 Å². The van der Waals surface area contributed by atoms with Crippen molar-refractivity contribution >= 4 is 28.9 Å². The van der Waals surface area contributed by atoms with Gasteiger partial charge in [-0.15, -0.1) is 0 Å². The molecule has 32 heavy (non-hydrogen) atoms. The molecule has 0 aromatic heterocycles. The van der Waals surface area contributed by atoms with Crippen molar-refractivity contribution in [1.82, 2.24) is 0 Å². The Labute approximate surface area is 189 Å². The van der Waals surface area contributed by atoms with Crippen molar-refractivity contribution in [2.45, 2.75) is 13.8 Å². The lowest BCUT2D eigenvalue weighted by Gasteiger charge is -2.18. The Balaban J connectivity index is 1.56. The molecule has 2 N–H and O–H groups in total. The molecule has 0 atom stereocenters. The zero-order valence-electron chi connectivity index (χ0n) is 18.7. The number of para-hydroxylation sites is 1. The standard InChI is InChI=1S/C26H29N3O3/c1-19(2)18-32-24-14-8-11-22(16-24)28-25(30)17-27-21-10-7-9-20(15-21)26(31)29(3)23-12-5-4-6-13-23/h4-16,19,27H,17-18H2,1-3H3,(H,28,30). The van der Waals surface area contributed by atoms with E-state index in [1.807, 2.05) is 54.6 Å². The highest BCUT2D eigenvalue weighted by Crippen LogP contribution is 2.19. The van der Waals surface area contributed by atoms with Crippen LogP contribution in [0, 0.1) is 5.92 Å². The van der Waals surface area contributed by atoms with Crippen molar-refractivity contribution in [2.75, 3.05) is 35.7 Å². The quantitative estimate of drug-likeness (QED) is 0.497. The van der Waals surface area contributed by atoms with E-state index >= 15 is 0 Å². The van der Waals surface area contributed by atoms with E-state index < -0.39 is 0 Å². The summed E-state index contributed by atoms with van der Waals surface area (Å²) in [7, 11) is 1.74. The number of hydrogen-bond acceptors (Lipinski definition) is 4. The zero-order chi connectivity index (χ0) is 22.9. The van der Waals surface area contributed by atoms with Gasteiger partial charge < -0.3 is 20.3 Å². The van der Waals surface area contributed by atoms with Gasteiger partial charge in [0.25, 0.3) is 5.91 Å². The molecular formula is C26H29N3O3. The summed E-state index contributed by atoms with van der Waals surface area (Å²) < 4.78 is 5.70. The van der Waals surface area contributed by atoms with Gasteiger partial charge in [0.2, 0.25) is 5.91 Å². The summed E-state index contributed by atoms with van der Waals surface area (Å²) in [4.78, 5) is 26.8. The summed E-state index contributed by atoms with van der Waals surface area (Å²) in [5.41, 5.74) is 2.72. The maximum Gasteiger partial charge on any atom is 0.258 e. The SMILES string of the molecule is CC(C)COc1cccc(NC(=O)CNc2cccc(C(=O)N(C)c3ccccc3)c2)c1. The lowest BCUT2D eigenvalue weighted by Crippen LogP contribution is -2.26. The van der Waals surface area contributed by atoms with Crippen LogP contribution in [0.15, 0.2) is 78.9 Å². The highest BCUT2D eigenvalue weighted by atomic mass is 16.5. The second kappa shape index (κ2) is 11.0. The fourth-order valence-corrected chi connectivity index (χ4v) is 3.04. The van der Waals surface area contributed by atoms with E-state index in [9.17, 15) is 9.59 Å². The first-order chi connectivity index (χ1) is 15.4. The average molecular weight is 432 g/mol. The molecular weight excluding hydrogens is 402 g/mol. The van der Waals surface area contributed by atoms with Gasteiger partial charge in [0, 0.05) is 35.7 Å². The van der Waals surface area contributed by atoms with Crippen molar-refractivity contribution in [2.24, 2.45) is 5.92 Å². The van der Waals surface area contributed by atoms with Gasteiger partial charge in [0.15, 0.2) is 0 Å². The molecule has 0 saturated heterocycles. The first kappa shape index (κ1) is 22.9. The van der Waals surface area contributed by atoms with Crippen LogP contribution in [0.4, 0.5) is 17.1 Å². The molecule has 166 valence electrons. The molecule has 0 aliphatic rings. The van der Waals surface area contributed by atoms with Crippen LogP contribution in [0.1, 0.15) is 24.2 Å². The third-order valence-corrected chi connectivity index (χ3v) is 4.71. The van der Waals surface area contributed by atoms with Crippen LogP contribution in [-0.4, -0.2) is 32.0 Å². The molecule has 2 amide bonds. The molecule has 3 aromatic rings. The number of anilines is 3. The lowest BCUT2D eigenvalue weighted by atomic mass is 10.1. The maximum absolute atomic E-state index is 12.8. The van der Waals surface area contributed by atoms with E-state index in [4.69, 9.17) is 4.74 Å². The number of benzene rings is 3. The third-order valence-electron chi connectivity index (χ3n) is 4.71. The molecule has 6 heteroatoms. The number of nitrogens with zero attached hydrogens (tertiary/aromatic N) is 1. The molecule has 3 aromatic carbocycles. The van der Waals surface area contributed by atoms with Crippen LogP contribution in [0.2, 0.25) is 0 Å². The summed E-state index contributed by atoms with van der Waals surface area (Å²) >= 11 is 0. The van der Waals surface area contributed by atoms with Crippen LogP contribution >= 0.6 is 0 Å². The minimum Gasteiger partial charge on any atom is -0.493 e. The van der Waals surface area contributed by atoms with Gasteiger partial charge in [0.1, 0.15) is 5.75 Å². The first-order valence-corrected chi connectivity index (χ1v) is 10.6. The summed E-state index contributed by atoms with van der Waals surface area (Å²) in [6.45, 7) is 4.86. The number of carbonyl (C=O) groups is 2. The largest absolute Gasteiger partial charge is 0.493 e. The highest BCUT2D eigenvalue weighted by Gasteiger charge is 2.14. The zero-order valence-corrected chi connectivity index (χ0v) is 18.7. The maximum atomic E-state index is 12.8. The van der Waals surface area contributed by atoms with Crippen molar-refractivity contribution < 1.29 is 14.3 Å². The average Bonchev–Trinajstić information content (AvgIpc) is 2.81. The second-order valence-corrected chi connectivity index (χ2v) is 7.91. The smallest absolute Gasteiger partial charge is 0.258 e. The Morgan fingerprint density at radius 1 is 0.906 bits per heavy atom. The molecule has 0 spiro atoms. The van der Waals surface area contributed by atoms with Crippen LogP contribution < -0.4 is 20.3 Å². The van der Waals surface area contributed by atoms with Crippen LogP contribution in [0.25, 0.3) is 0 Å². The van der Waals surface area contributed by atoms with Crippen molar-refractivity contribution in [3.63, 3.8) is 0 Å². The number of carbonyl (C=O) groups excluding carboxylic acids is 2. The van der Waals surface area contributed by atoms with Gasteiger partial charge >= 0.3 is 0 Å². The fraction of sp³-hybridized carbons (Fsp3) is 0.231. The van der Waals surface area contributed by atoms with Crippen molar-refractivity contribution in [1.29, 1.82) is 0 Å². The van der Waals surface area contributed by atoms with Crippen LogP contribution in [0.3, 0.4) is 0 Å². The lowest BCUT2D eigenvalue weighted by molar-refractivity contribution is -0.114. The van der Waals surface area contributed by atoms with Gasteiger partial charge in [-0.25, -0.2) is 0 Å². The molecule has 3 rings (SSSR count). The molecule has 0 saturated carbocycles. The van der Waals surface area contributed by atoms with Crippen LogP contribution in [-0.2, 0) is 4.79 Å². The topological polar surface area (TPSA) is 70.7 Å². The molecule has 0 unspecified atom stereocenters. The van der Waals surface area contributed by atoms with Gasteiger partial charge in [-0.1, -0.05) is 44.2 Å². The summed E-state index contributed by atoms with van der Waals surface area (Å²) in [6.07, 6.45) is 0. The molecule has 6 nitrogen and oxygen atoms in total. The van der Waals surface area contributed by atoms with E-state index in [0.717, 1.165) is 11.4 Å². The van der Waals surface area contributed by atoms with Gasteiger partial charge in [-0.05, 0) is 48.4 Å². The van der Waals surface area contributed by atoms with Crippen molar-refractivity contribution in [3.05, 3.63) is 84.4 Å². The van der Waals surface area contributed by atoms with E-state index in [1.54, 1.807) is 36.2 Å². The number of ether oxygens (including phenoxy) is 1. The van der Waals surface area contributed by atoms with Gasteiger partial charge in [-0.2, -0.15) is 0 Å². The van der Waals surface area contributed by atoms with Crippen LogP contribution in [0.5, 0.6) is 5.75 Å². The Morgan fingerprint density at radius 3 is 2.38 bits per heavy atom. The van der Waals surface area contributed by atoms with Crippen molar-refractivity contribution in [3.8, 4) is 5.75 Å². The minimum absolute atomic E-state index is 0.0727. The number of hydrogen-bond donors (Lipinski definition) is 2. The van der Waals surface area contributed by atoms with Gasteiger partial charge in [-0.3, -0.25) is 9.59 Å². The number of rotatable bonds is 9. The van der Waals surface area contributed by atoms with E-state index in [-0.39, 0.29) is 18.4 Å². The molecule has 0 heterocycles. The summed E-state index contributed by atoms with van der Waals surface area (Å²) in [6, 6.07) is 23.9. The first-order valence-electron chi connectivity index (χ1n) is 10.6. The second-order valence-electron chi connectivity index (χ2n) is 7.91. The summed E-state index contributed by atoms with van der Waals surface area (Å²) in [5.74, 6) is 0.831. The molecule has 0 aliphatic heterocycles. The number of amides is 2. The molecule has 0 radical (unpaired) electrons. The fourth-order valence-electron chi connectivity index (χ4n) is 3.04. The minimum atomic E-state index is -0.191. The van der Waals surface area contributed by atoms with E-state index in [2.05, 4.69) is 24.5 Å². The Kier molecular flexibility index (Phi) is 7.86. The third kappa shape index (κ3) is 6.60.